The Hall–Kier alpha value is -2.13. The van der Waals surface area contributed by atoms with E-state index in [1.807, 2.05) is 13.8 Å². The molecule has 0 spiro atoms. The Labute approximate surface area is 146 Å². The number of benzene rings is 1. The molecule has 25 heavy (non-hydrogen) atoms. The van der Waals surface area contributed by atoms with Crippen molar-refractivity contribution in [3.05, 3.63) is 36.0 Å². The summed E-state index contributed by atoms with van der Waals surface area (Å²) in [7, 11) is -3.67. The number of nitrogens with one attached hydrogen (secondary N) is 1. The molecule has 1 aliphatic carbocycles. The summed E-state index contributed by atoms with van der Waals surface area (Å²) in [6, 6.07) is 6.68. The van der Waals surface area contributed by atoms with Crippen LogP contribution < -0.4 is 15.2 Å². The second-order valence-corrected chi connectivity index (χ2v) is 8.30. The van der Waals surface area contributed by atoms with Crippen molar-refractivity contribution in [1.29, 1.82) is 0 Å². The Balaban J connectivity index is 1.64. The van der Waals surface area contributed by atoms with Gasteiger partial charge >= 0.3 is 0 Å². The Morgan fingerprint density at radius 1 is 1.32 bits per heavy atom. The topological polar surface area (TPSA) is 120 Å². The molecule has 1 aromatic heterocycles. The SMILES string of the molecule is CC(C)Oc1ccc(NS(=O)(=O)Cc2nc(C3(N)CCC3)no2)cc1. The van der Waals surface area contributed by atoms with Crippen molar-refractivity contribution in [3.63, 3.8) is 0 Å². The van der Waals surface area contributed by atoms with E-state index < -0.39 is 21.3 Å². The molecule has 1 aliphatic rings. The van der Waals surface area contributed by atoms with Gasteiger partial charge in [-0.3, -0.25) is 4.72 Å². The average Bonchev–Trinajstić information content (AvgIpc) is 2.94. The summed E-state index contributed by atoms with van der Waals surface area (Å²) < 4.78 is 37.6. The molecule has 0 saturated heterocycles. The van der Waals surface area contributed by atoms with Crippen LogP contribution in [0.25, 0.3) is 0 Å². The lowest BCUT2D eigenvalue weighted by Crippen LogP contribution is -2.44. The zero-order valence-electron chi connectivity index (χ0n) is 14.2. The molecule has 0 aliphatic heterocycles. The van der Waals surface area contributed by atoms with E-state index in [9.17, 15) is 8.42 Å². The molecule has 1 fully saturated rings. The molecule has 0 unspecified atom stereocenters. The zero-order valence-corrected chi connectivity index (χ0v) is 15.0. The number of nitrogens with zero attached hydrogens (tertiary/aromatic N) is 2. The van der Waals surface area contributed by atoms with E-state index in [0.717, 1.165) is 19.3 Å². The Morgan fingerprint density at radius 3 is 2.56 bits per heavy atom. The van der Waals surface area contributed by atoms with E-state index in [2.05, 4.69) is 14.9 Å². The first kappa shape index (κ1) is 17.7. The lowest BCUT2D eigenvalue weighted by molar-refractivity contribution is 0.229. The molecule has 0 radical (unpaired) electrons. The molecule has 0 atom stereocenters. The molecule has 8 nitrogen and oxygen atoms in total. The maximum Gasteiger partial charge on any atom is 0.243 e. The van der Waals surface area contributed by atoms with Crippen LogP contribution in [0.1, 0.15) is 44.8 Å². The highest BCUT2D eigenvalue weighted by Gasteiger charge is 2.39. The van der Waals surface area contributed by atoms with Crippen LogP contribution in [0.3, 0.4) is 0 Å². The van der Waals surface area contributed by atoms with Crippen LogP contribution in [-0.2, 0) is 21.3 Å². The molecule has 0 amide bonds. The predicted octanol–water partition coefficient (Wildman–Crippen LogP) is 2.14. The second-order valence-electron chi connectivity index (χ2n) is 6.57. The number of anilines is 1. The average molecular weight is 366 g/mol. The summed E-state index contributed by atoms with van der Waals surface area (Å²) in [5, 5.41) is 3.82. The Kier molecular flexibility index (Phi) is 4.70. The summed E-state index contributed by atoms with van der Waals surface area (Å²) >= 11 is 0. The minimum absolute atomic E-state index is 0.0268. The smallest absolute Gasteiger partial charge is 0.243 e. The molecule has 3 N–H and O–H groups in total. The molecule has 0 bridgehead atoms. The number of aromatic nitrogens is 2. The molecule has 1 heterocycles. The maximum absolute atomic E-state index is 12.3. The molecule has 3 rings (SSSR count). The number of hydrogen-bond acceptors (Lipinski definition) is 7. The van der Waals surface area contributed by atoms with Gasteiger partial charge in [0.2, 0.25) is 15.9 Å². The molecule has 1 aromatic carbocycles. The molecule has 1 saturated carbocycles. The minimum Gasteiger partial charge on any atom is -0.491 e. The van der Waals surface area contributed by atoms with Crippen LogP contribution in [0.5, 0.6) is 5.75 Å². The largest absolute Gasteiger partial charge is 0.491 e. The van der Waals surface area contributed by atoms with E-state index in [-0.39, 0.29) is 12.0 Å². The molecule has 2 aromatic rings. The molecular weight excluding hydrogens is 344 g/mol. The van der Waals surface area contributed by atoms with E-state index >= 15 is 0 Å². The van der Waals surface area contributed by atoms with Crippen LogP contribution in [0.15, 0.2) is 28.8 Å². The quantitative estimate of drug-likeness (QED) is 0.770. The van der Waals surface area contributed by atoms with Gasteiger partial charge in [-0.25, -0.2) is 8.42 Å². The fourth-order valence-corrected chi connectivity index (χ4v) is 3.56. The predicted molar refractivity (Wildman–Crippen MR) is 92.5 cm³/mol. The fourth-order valence-electron chi connectivity index (χ4n) is 2.55. The van der Waals surface area contributed by atoms with Crippen LogP contribution >= 0.6 is 0 Å². The second kappa shape index (κ2) is 6.64. The number of ether oxygens (including phenoxy) is 1. The summed E-state index contributed by atoms with van der Waals surface area (Å²) in [5.41, 5.74) is 5.97. The molecule has 9 heteroatoms. The summed E-state index contributed by atoms with van der Waals surface area (Å²) in [6.07, 6.45) is 2.62. The number of nitrogens with two attached hydrogens (primary N) is 1. The van der Waals surface area contributed by atoms with Crippen molar-refractivity contribution in [2.45, 2.75) is 50.5 Å². The highest BCUT2D eigenvalue weighted by molar-refractivity contribution is 7.91. The van der Waals surface area contributed by atoms with Gasteiger partial charge in [-0.2, -0.15) is 4.98 Å². The summed E-state index contributed by atoms with van der Waals surface area (Å²) in [4.78, 5) is 4.14. The lowest BCUT2D eigenvalue weighted by Gasteiger charge is -2.34. The highest BCUT2D eigenvalue weighted by atomic mass is 32.2. The van der Waals surface area contributed by atoms with Crippen molar-refractivity contribution < 1.29 is 17.7 Å². The number of sulfonamides is 1. The van der Waals surface area contributed by atoms with Gasteiger partial charge < -0.3 is 15.0 Å². The molecule has 136 valence electrons. The monoisotopic (exact) mass is 366 g/mol. The van der Waals surface area contributed by atoms with E-state index in [1.165, 1.54) is 0 Å². The summed E-state index contributed by atoms with van der Waals surface area (Å²) in [5.74, 6) is 0.673. The van der Waals surface area contributed by atoms with Crippen molar-refractivity contribution >= 4 is 15.7 Å². The number of rotatable bonds is 7. The van der Waals surface area contributed by atoms with E-state index in [0.29, 0.717) is 17.3 Å². The van der Waals surface area contributed by atoms with Gasteiger partial charge in [0.25, 0.3) is 0 Å². The normalized spacial score (nSPS) is 16.5. The van der Waals surface area contributed by atoms with Crippen LogP contribution in [0.4, 0.5) is 5.69 Å². The first-order valence-corrected chi connectivity index (χ1v) is 9.80. The lowest BCUT2D eigenvalue weighted by atomic mass is 9.77. The molecular formula is C16H22N4O4S. The van der Waals surface area contributed by atoms with Crippen molar-refractivity contribution in [2.24, 2.45) is 5.73 Å². The third kappa shape index (κ3) is 4.29. The first-order chi connectivity index (χ1) is 11.8. The van der Waals surface area contributed by atoms with Gasteiger partial charge in [0.1, 0.15) is 11.5 Å². The van der Waals surface area contributed by atoms with Gasteiger partial charge in [-0.1, -0.05) is 5.16 Å². The van der Waals surface area contributed by atoms with Crippen molar-refractivity contribution in [3.8, 4) is 5.75 Å². The van der Waals surface area contributed by atoms with Gasteiger partial charge in [0, 0.05) is 5.69 Å². The number of hydrogen-bond donors (Lipinski definition) is 2. The third-order valence-corrected chi connectivity index (χ3v) is 5.15. The van der Waals surface area contributed by atoms with Crippen molar-refractivity contribution in [2.75, 3.05) is 4.72 Å². The Morgan fingerprint density at radius 2 is 2.00 bits per heavy atom. The van der Waals surface area contributed by atoms with Gasteiger partial charge in [-0.05, 0) is 57.4 Å². The Bertz CT molecular complexity index is 826. The first-order valence-electron chi connectivity index (χ1n) is 8.15. The standard InChI is InChI=1S/C16H22N4O4S/c1-11(2)23-13-6-4-12(5-7-13)20-25(21,22)10-14-18-15(19-24-14)16(17)8-3-9-16/h4-7,11,20H,3,8-10,17H2,1-2H3. The fraction of sp³-hybridized carbons (Fsp3) is 0.500. The maximum atomic E-state index is 12.3. The zero-order chi connectivity index (χ0) is 18.1. The van der Waals surface area contributed by atoms with Crippen molar-refractivity contribution in [1.82, 2.24) is 10.1 Å². The van der Waals surface area contributed by atoms with Gasteiger partial charge in [-0.15, -0.1) is 0 Å². The minimum atomic E-state index is -3.67. The van der Waals surface area contributed by atoms with Crippen LogP contribution in [-0.4, -0.2) is 24.7 Å². The highest BCUT2D eigenvalue weighted by Crippen LogP contribution is 2.36. The van der Waals surface area contributed by atoms with Crippen LogP contribution in [0, 0.1) is 0 Å². The van der Waals surface area contributed by atoms with E-state index in [1.54, 1.807) is 24.3 Å². The van der Waals surface area contributed by atoms with Crippen LogP contribution in [0.2, 0.25) is 0 Å². The van der Waals surface area contributed by atoms with E-state index in [4.69, 9.17) is 15.0 Å². The summed E-state index contributed by atoms with van der Waals surface area (Å²) in [6.45, 7) is 3.84. The van der Waals surface area contributed by atoms with Gasteiger partial charge in [0.05, 0.1) is 11.6 Å². The van der Waals surface area contributed by atoms with Gasteiger partial charge in [0.15, 0.2) is 5.82 Å². The third-order valence-electron chi connectivity index (χ3n) is 3.97.